The molecule has 0 radical (unpaired) electrons. The molecule has 2 aromatic rings. The molecule has 2 heteroatoms. The fourth-order valence-electron chi connectivity index (χ4n) is 2.42. The molecule has 1 N–H and O–H groups in total. The Bertz CT molecular complexity index is 507. The second kappa shape index (κ2) is 8.48. The number of ether oxygens (including phenoxy) is 1. The van der Waals surface area contributed by atoms with E-state index in [1.165, 1.54) is 24.0 Å². The predicted molar refractivity (Wildman–Crippen MR) is 89.7 cm³/mol. The van der Waals surface area contributed by atoms with Gasteiger partial charge in [-0.15, -0.1) is 0 Å². The standard InChI is InChI=1S/C19H25NO/c1-3-4-8-16-11-13-18(14-12-16)20-19(15-21-2)17-9-6-5-7-10-17/h5-7,9-14,19-20H,3-4,8,15H2,1-2H3. The molecule has 0 fully saturated rings. The van der Waals surface area contributed by atoms with Gasteiger partial charge in [0.2, 0.25) is 0 Å². The number of benzene rings is 2. The van der Waals surface area contributed by atoms with Crippen LogP contribution >= 0.6 is 0 Å². The second-order valence-electron chi connectivity index (χ2n) is 5.36. The van der Waals surface area contributed by atoms with Crippen LogP contribution in [0.15, 0.2) is 54.6 Å². The van der Waals surface area contributed by atoms with Crippen LogP contribution in [-0.2, 0) is 11.2 Å². The molecule has 2 nitrogen and oxygen atoms in total. The van der Waals surface area contributed by atoms with Gasteiger partial charge in [-0.3, -0.25) is 0 Å². The van der Waals surface area contributed by atoms with Gasteiger partial charge in [0.1, 0.15) is 0 Å². The van der Waals surface area contributed by atoms with E-state index in [0.29, 0.717) is 6.61 Å². The van der Waals surface area contributed by atoms with Crippen molar-refractivity contribution in [1.29, 1.82) is 0 Å². The molecule has 0 aliphatic carbocycles. The fraction of sp³-hybridized carbons (Fsp3) is 0.368. The van der Waals surface area contributed by atoms with Crippen molar-refractivity contribution < 1.29 is 4.74 Å². The highest BCUT2D eigenvalue weighted by Gasteiger charge is 2.10. The maximum Gasteiger partial charge on any atom is 0.0747 e. The number of unbranched alkanes of at least 4 members (excludes halogenated alkanes) is 1. The van der Waals surface area contributed by atoms with Crippen LogP contribution in [0.2, 0.25) is 0 Å². The van der Waals surface area contributed by atoms with Crippen molar-refractivity contribution >= 4 is 5.69 Å². The lowest BCUT2D eigenvalue weighted by molar-refractivity contribution is 0.186. The molecule has 1 atom stereocenters. The smallest absolute Gasteiger partial charge is 0.0747 e. The largest absolute Gasteiger partial charge is 0.382 e. The molecule has 0 saturated heterocycles. The van der Waals surface area contributed by atoms with Gasteiger partial charge in [0, 0.05) is 12.8 Å². The Hall–Kier alpha value is -1.80. The molecule has 21 heavy (non-hydrogen) atoms. The molecule has 0 aliphatic heterocycles. The van der Waals surface area contributed by atoms with Crippen molar-refractivity contribution in [2.75, 3.05) is 19.0 Å². The minimum atomic E-state index is 0.178. The van der Waals surface area contributed by atoms with E-state index in [1.54, 1.807) is 7.11 Å². The van der Waals surface area contributed by atoms with E-state index in [2.05, 4.69) is 60.8 Å². The third-order valence-corrected chi connectivity index (χ3v) is 3.65. The molecule has 112 valence electrons. The van der Waals surface area contributed by atoms with Crippen molar-refractivity contribution in [2.45, 2.75) is 32.2 Å². The third-order valence-electron chi connectivity index (χ3n) is 3.65. The first-order valence-corrected chi connectivity index (χ1v) is 7.73. The van der Waals surface area contributed by atoms with Gasteiger partial charge in [0.15, 0.2) is 0 Å². The summed E-state index contributed by atoms with van der Waals surface area (Å²) in [6.45, 7) is 2.88. The Morgan fingerprint density at radius 1 is 1.00 bits per heavy atom. The minimum Gasteiger partial charge on any atom is -0.382 e. The lowest BCUT2D eigenvalue weighted by atomic mass is 10.1. The molecule has 0 aliphatic rings. The lowest BCUT2D eigenvalue weighted by Crippen LogP contribution is -2.16. The average molecular weight is 283 g/mol. The van der Waals surface area contributed by atoms with Crippen LogP contribution in [-0.4, -0.2) is 13.7 Å². The maximum absolute atomic E-state index is 5.34. The van der Waals surface area contributed by atoms with Crippen LogP contribution in [0.3, 0.4) is 0 Å². The molecule has 2 aromatic carbocycles. The Morgan fingerprint density at radius 3 is 2.33 bits per heavy atom. The van der Waals surface area contributed by atoms with Crippen molar-refractivity contribution in [3.05, 3.63) is 65.7 Å². The highest BCUT2D eigenvalue weighted by Crippen LogP contribution is 2.20. The zero-order valence-electron chi connectivity index (χ0n) is 13.0. The molecule has 0 saturated carbocycles. The van der Waals surface area contributed by atoms with Gasteiger partial charge >= 0.3 is 0 Å². The van der Waals surface area contributed by atoms with Crippen LogP contribution in [0.5, 0.6) is 0 Å². The Balaban J connectivity index is 2.03. The third kappa shape index (κ3) is 4.91. The number of hydrogen-bond acceptors (Lipinski definition) is 2. The van der Waals surface area contributed by atoms with Gasteiger partial charge in [-0.2, -0.15) is 0 Å². The summed E-state index contributed by atoms with van der Waals surface area (Å²) in [5, 5.41) is 3.55. The van der Waals surface area contributed by atoms with E-state index in [0.717, 1.165) is 12.1 Å². The highest BCUT2D eigenvalue weighted by molar-refractivity contribution is 5.47. The fourth-order valence-corrected chi connectivity index (χ4v) is 2.42. The Labute approximate surface area is 128 Å². The summed E-state index contributed by atoms with van der Waals surface area (Å²) in [4.78, 5) is 0. The molecular weight excluding hydrogens is 258 g/mol. The van der Waals surface area contributed by atoms with Crippen LogP contribution in [0.25, 0.3) is 0 Å². The van der Waals surface area contributed by atoms with Crippen molar-refractivity contribution in [2.24, 2.45) is 0 Å². The summed E-state index contributed by atoms with van der Waals surface area (Å²) in [7, 11) is 1.74. The first-order valence-electron chi connectivity index (χ1n) is 7.73. The summed E-state index contributed by atoms with van der Waals surface area (Å²) in [5.41, 5.74) is 3.79. The topological polar surface area (TPSA) is 21.3 Å². The van der Waals surface area contributed by atoms with E-state index in [-0.39, 0.29) is 6.04 Å². The van der Waals surface area contributed by atoms with Crippen LogP contribution in [0, 0.1) is 0 Å². The zero-order chi connectivity index (χ0) is 14.9. The van der Waals surface area contributed by atoms with E-state index >= 15 is 0 Å². The van der Waals surface area contributed by atoms with Gasteiger partial charge in [0.25, 0.3) is 0 Å². The number of nitrogens with one attached hydrogen (secondary N) is 1. The second-order valence-corrected chi connectivity index (χ2v) is 5.36. The van der Waals surface area contributed by atoms with Gasteiger partial charge < -0.3 is 10.1 Å². The minimum absolute atomic E-state index is 0.178. The summed E-state index contributed by atoms with van der Waals surface area (Å²) in [5.74, 6) is 0. The quantitative estimate of drug-likeness (QED) is 0.749. The van der Waals surface area contributed by atoms with E-state index in [4.69, 9.17) is 4.74 Å². The molecule has 0 amide bonds. The summed E-state index contributed by atoms with van der Waals surface area (Å²) in [6, 6.07) is 19.4. The molecular formula is C19H25NO. The van der Waals surface area contributed by atoms with Crippen LogP contribution in [0.4, 0.5) is 5.69 Å². The number of hydrogen-bond donors (Lipinski definition) is 1. The number of anilines is 1. The summed E-state index contributed by atoms with van der Waals surface area (Å²) >= 11 is 0. The first kappa shape index (κ1) is 15.6. The predicted octanol–water partition coefficient (Wildman–Crippen LogP) is 4.83. The monoisotopic (exact) mass is 283 g/mol. The summed E-state index contributed by atoms with van der Waals surface area (Å²) in [6.07, 6.45) is 3.66. The average Bonchev–Trinajstić information content (AvgIpc) is 2.54. The zero-order valence-corrected chi connectivity index (χ0v) is 13.0. The number of methoxy groups -OCH3 is 1. The highest BCUT2D eigenvalue weighted by atomic mass is 16.5. The normalized spacial score (nSPS) is 12.1. The molecule has 0 spiro atoms. The van der Waals surface area contributed by atoms with E-state index in [1.807, 2.05) is 6.07 Å². The molecule has 0 heterocycles. The first-order chi connectivity index (χ1) is 10.3. The molecule has 0 aromatic heterocycles. The van der Waals surface area contributed by atoms with Crippen LogP contribution < -0.4 is 5.32 Å². The summed E-state index contributed by atoms with van der Waals surface area (Å²) < 4.78 is 5.34. The Kier molecular flexibility index (Phi) is 6.29. The van der Waals surface area contributed by atoms with Gasteiger partial charge in [-0.05, 0) is 36.1 Å². The van der Waals surface area contributed by atoms with Crippen molar-refractivity contribution in [1.82, 2.24) is 0 Å². The van der Waals surface area contributed by atoms with Gasteiger partial charge in [-0.1, -0.05) is 55.8 Å². The number of aryl methyl sites for hydroxylation is 1. The van der Waals surface area contributed by atoms with Crippen molar-refractivity contribution in [3.63, 3.8) is 0 Å². The van der Waals surface area contributed by atoms with Crippen LogP contribution in [0.1, 0.15) is 36.9 Å². The SMILES string of the molecule is CCCCc1ccc(NC(COC)c2ccccc2)cc1. The van der Waals surface area contributed by atoms with Crippen molar-refractivity contribution in [3.8, 4) is 0 Å². The molecule has 2 rings (SSSR count). The van der Waals surface area contributed by atoms with Gasteiger partial charge in [-0.25, -0.2) is 0 Å². The molecule has 0 bridgehead atoms. The maximum atomic E-state index is 5.34. The number of rotatable bonds is 8. The Morgan fingerprint density at radius 2 is 1.71 bits per heavy atom. The lowest BCUT2D eigenvalue weighted by Gasteiger charge is -2.20. The van der Waals surface area contributed by atoms with E-state index < -0.39 is 0 Å². The van der Waals surface area contributed by atoms with E-state index in [9.17, 15) is 0 Å². The van der Waals surface area contributed by atoms with Gasteiger partial charge in [0.05, 0.1) is 12.6 Å². The molecule has 1 unspecified atom stereocenters.